The third kappa shape index (κ3) is 1.50. The lowest BCUT2D eigenvalue weighted by molar-refractivity contribution is 1.05. The van der Waals surface area contributed by atoms with Crippen LogP contribution in [-0.4, -0.2) is 19.9 Å². The van der Waals surface area contributed by atoms with E-state index < -0.39 is 11.2 Å². The second kappa shape index (κ2) is 3.49. The van der Waals surface area contributed by atoms with Crippen LogP contribution in [0.5, 0.6) is 0 Å². The number of hydrogen-bond donors (Lipinski definition) is 2. The number of rotatable bonds is 0. The van der Waals surface area contributed by atoms with Gasteiger partial charge in [-0.05, 0) is 31.0 Å². The fourth-order valence-corrected chi connectivity index (χ4v) is 2.05. The van der Waals surface area contributed by atoms with Gasteiger partial charge in [-0.1, -0.05) is 6.07 Å². The van der Waals surface area contributed by atoms with E-state index in [1.54, 1.807) is 0 Å². The Morgan fingerprint density at radius 3 is 2.56 bits per heavy atom. The van der Waals surface area contributed by atoms with Crippen LogP contribution in [0, 0.1) is 13.8 Å². The minimum atomic E-state index is -0.578. The first kappa shape index (κ1) is 10.6. The molecule has 0 aliphatic rings. The molecule has 3 rings (SSSR count). The molecular formula is C12H10N4O2. The van der Waals surface area contributed by atoms with Crippen molar-refractivity contribution in [1.82, 2.24) is 19.9 Å². The molecule has 0 fully saturated rings. The van der Waals surface area contributed by atoms with Crippen LogP contribution in [0.3, 0.4) is 0 Å². The van der Waals surface area contributed by atoms with Gasteiger partial charge >= 0.3 is 5.69 Å². The van der Waals surface area contributed by atoms with E-state index in [9.17, 15) is 9.59 Å². The summed E-state index contributed by atoms with van der Waals surface area (Å²) in [4.78, 5) is 36.0. The molecular weight excluding hydrogens is 232 g/mol. The van der Waals surface area contributed by atoms with Crippen LogP contribution < -0.4 is 11.2 Å². The van der Waals surface area contributed by atoms with E-state index in [0.29, 0.717) is 11.0 Å². The Morgan fingerprint density at radius 2 is 1.78 bits per heavy atom. The maximum Gasteiger partial charge on any atom is 0.327 e. The number of aryl methyl sites for hydroxylation is 2. The molecule has 0 amide bonds. The van der Waals surface area contributed by atoms with Crippen molar-refractivity contribution in [3.8, 4) is 0 Å². The third-order valence-electron chi connectivity index (χ3n) is 2.78. The quantitative estimate of drug-likeness (QED) is 0.570. The molecule has 0 aliphatic heterocycles. The number of nitrogens with zero attached hydrogens (tertiary/aromatic N) is 2. The Balaban J connectivity index is 2.59. The summed E-state index contributed by atoms with van der Waals surface area (Å²) in [5, 5.41) is 0. The average molecular weight is 242 g/mol. The smallest absolute Gasteiger partial charge is 0.290 e. The second-order valence-electron chi connectivity index (χ2n) is 4.28. The zero-order chi connectivity index (χ0) is 12.9. The monoisotopic (exact) mass is 242 g/mol. The number of benzene rings is 1. The highest BCUT2D eigenvalue weighted by Gasteiger charge is 2.08. The molecule has 0 spiro atoms. The summed E-state index contributed by atoms with van der Waals surface area (Å²) in [6.07, 6.45) is 0. The normalized spacial score (nSPS) is 11.2. The van der Waals surface area contributed by atoms with Crippen molar-refractivity contribution >= 4 is 22.2 Å². The van der Waals surface area contributed by atoms with E-state index in [1.165, 1.54) is 0 Å². The van der Waals surface area contributed by atoms with Crippen molar-refractivity contribution in [2.45, 2.75) is 13.8 Å². The Morgan fingerprint density at radius 1 is 1.00 bits per heavy atom. The van der Waals surface area contributed by atoms with Crippen LogP contribution in [-0.2, 0) is 0 Å². The fourth-order valence-electron chi connectivity index (χ4n) is 2.05. The predicted molar refractivity (Wildman–Crippen MR) is 67.8 cm³/mol. The first-order chi connectivity index (χ1) is 8.54. The van der Waals surface area contributed by atoms with Gasteiger partial charge in [-0.3, -0.25) is 14.8 Å². The Hall–Kier alpha value is -2.50. The summed E-state index contributed by atoms with van der Waals surface area (Å²) in [6, 6.07) is 3.84. The molecule has 0 saturated carbocycles. The summed E-state index contributed by atoms with van der Waals surface area (Å²) >= 11 is 0. The molecule has 2 aromatic heterocycles. The number of nitrogens with one attached hydrogen (secondary N) is 2. The molecule has 0 radical (unpaired) electrons. The van der Waals surface area contributed by atoms with E-state index in [-0.39, 0.29) is 11.2 Å². The summed E-state index contributed by atoms with van der Waals surface area (Å²) in [5.41, 5.74) is 2.60. The van der Waals surface area contributed by atoms with Crippen LogP contribution in [0.2, 0.25) is 0 Å². The lowest BCUT2D eigenvalue weighted by atomic mass is 10.1. The average Bonchev–Trinajstić information content (AvgIpc) is 2.27. The molecule has 2 N–H and O–H groups in total. The van der Waals surface area contributed by atoms with Crippen LogP contribution in [0.4, 0.5) is 0 Å². The van der Waals surface area contributed by atoms with Crippen LogP contribution in [0.25, 0.3) is 22.2 Å². The van der Waals surface area contributed by atoms with Gasteiger partial charge in [0.1, 0.15) is 0 Å². The highest BCUT2D eigenvalue weighted by Crippen LogP contribution is 2.17. The topological polar surface area (TPSA) is 91.5 Å². The van der Waals surface area contributed by atoms with Gasteiger partial charge in [-0.25, -0.2) is 14.8 Å². The lowest BCUT2D eigenvalue weighted by Gasteiger charge is -2.04. The Labute approximate surface area is 101 Å². The largest absolute Gasteiger partial charge is 0.327 e. The number of aromatic amines is 2. The molecule has 2 heterocycles. The van der Waals surface area contributed by atoms with Gasteiger partial charge in [0.15, 0.2) is 11.2 Å². The van der Waals surface area contributed by atoms with Crippen LogP contribution >= 0.6 is 0 Å². The van der Waals surface area contributed by atoms with Crippen molar-refractivity contribution in [3.63, 3.8) is 0 Å². The maximum atomic E-state index is 11.6. The second-order valence-corrected chi connectivity index (χ2v) is 4.28. The highest BCUT2D eigenvalue weighted by atomic mass is 16.2. The van der Waals surface area contributed by atoms with Crippen molar-refractivity contribution in [1.29, 1.82) is 0 Å². The van der Waals surface area contributed by atoms with Gasteiger partial charge in [0, 0.05) is 0 Å². The highest BCUT2D eigenvalue weighted by molar-refractivity contribution is 5.86. The summed E-state index contributed by atoms with van der Waals surface area (Å²) in [5.74, 6) is 0. The van der Waals surface area contributed by atoms with E-state index in [2.05, 4.69) is 19.9 Å². The molecule has 1 aromatic carbocycles. The summed E-state index contributed by atoms with van der Waals surface area (Å²) in [6.45, 7) is 3.87. The molecule has 0 atom stereocenters. The van der Waals surface area contributed by atoms with Gasteiger partial charge in [0.2, 0.25) is 0 Å². The van der Waals surface area contributed by atoms with Crippen molar-refractivity contribution in [3.05, 3.63) is 44.1 Å². The van der Waals surface area contributed by atoms with E-state index >= 15 is 0 Å². The summed E-state index contributed by atoms with van der Waals surface area (Å²) < 4.78 is 0. The number of H-pyrrole nitrogens is 2. The van der Waals surface area contributed by atoms with Gasteiger partial charge in [-0.15, -0.1) is 0 Å². The minimum absolute atomic E-state index is 0.145. The number of aromatic nitrogens is 4. The van der Waals surface area contributed by atoms with E-state index in [0.717, 1.165) is 11.1 Å². The van der Waals surface area contributed by atoms with Gasteiger partial charge in [-0.2, -0.15) is 0 Å². The molecule has 0 bridgehead atoms. The third-order valence-corrected chi connectivity index (χ3v) is 2.78. The molecule has 0 aliphatic carbocycles. The molecule has 90 valence electrons. The molecule has 18 heavy (non-hydrogen) atoms. The molecule has 6 nitrogen and oxygen atoms in total. The van der Waals surface area contributed by atoms with Crippen molar-refractivity contribution in [2.24, 2.45) is 0 Å². The van der Waals surface area contributed by atoms with Gasteiger partial charge in [0.25, 0.3) is 5.56 Å². The number of hydrogen-bond acceptors (Lipinski definition) is 4. The molecule has 6 heteroatoms. The number of fused-ring (bicyclic) bond motifs is 2. The minimum Gasteiger partial charge on any atom is -0.290 e. The summed E-state index contributed by atoms with van der Waals surface area (Å²) in [7, 11) is 0. The fraction of sp³-hybridized carbons (Fsp3) is 0.167. The molecule has 0 unspecified atom stereocenters. The zero-order valence-corrected chi connectivity index (χ0v) is 9.87. The molecule has 0 saturated heterocycles. The van der Waals surface area contributed by atoms with Crippen LogP contribution in [0.15, 0.2) is 21.7 Å². The first-order valence-electron chi connectivity index (χ1n) is 5.46. The van der Waals surface area contributed by atoms with E-state index in [4.69, 9.17) is 0 Å². The van der Waals surface area contributed by atoms with Gasteiger partial charge in [0.05, 0.1) is 11.0 Å². The van der Waals surface area contributed by atoms with Crippen molar-refractivity contribution in [2.75, 3.05) is 0 Å². The van der Waals surface area contributed by atoms with Gasteiger partial charge < -0.3 is 0 Å². The van der Waals surface area contributed by atoms with Crippen LogP contribution in [0.1, 0.15) is 11.1 Å². The zero-order valence-electron chi connectivity index (χ0n) is 9.87. The maximum absolute atomic E-state index is 11.6. The van der Waals surface area contributed by atoms with E-state index in [1.807, 2.05) is 26.0 Å². The first-order valence-corrected chi connectivity index (χ1v) is 5.46. The molecule has 3 aromatic rings. The lowest BCUT2D eigenvalue weighted by Crippen LogP contribution is -2.23. The standard InChI is InChI=1S/C12H10N4O2/c1-5-3-6(2)8-7(4-5)13-9-10(14-8)15-12(18)16-11(9)17/h3-4H,1-2H3,(H2,14,15,16,17,18). The Bertz CT molecular complexity index is 892. The predicted octanol–water partition coefficient (Wildman–Crippen LogP) is 0.776. The van der Waals surface area contributed by atoms with Crippen molar-refractivity contribution < 1.29 is 0 Å². The Kier molecular flexibility index (Phi) is 2.07. The SMILES string of the molecule is Cc1cc(C)c2nc3[nH]c(=O)[nH]c(=O)c3nc2c1.